The monoisotopic (exact) mass is 307 g/mol. The number of aromatic nitrogens is 2. The van der Waals surface area contributed by atoms with E-state index in [-0.39, 0.29) is 17.4 Å². The first-order valence-electron chi connectivity index (χ1n) is 6.28. The summed E-state index contributed by atoms with van der Waals surface area (Å²) >= 11 is 6.14. The molecule has 0 unspecified atom stereocenters. The number of benzene rings is 1. The Balaban J connectivity index is 2.20. The highest BCUT2D eigenvalue weighted by Crippen LogP contribution is 2.21. The third kappa shape index (κ3) is 4.23. The zero-order valence-electron chi connectivity index (χ0n) is 11.3. The van der Waals surface area contributed by atoms with Crippen LogP contribution in [0, 0.1) is 19.2 Å². The minimum atomic E-state index is -0.956. The smallest absolute Gasteiger partial charge is 0.304 e. The number of aliphatic carboxylic acids is 1. The van der Waals surface area contributed by atoms with Crippen LogP contribution in [0.25, 0.3) is 0 Å². The fourth-order valence-electron chi connectivity index (χ4n) is 1.86. The molecule has 0 amide bonds. The van der Waals surface area contributed by atoms with Crippen LogP contribution in [0.4, 0.5) is 4.39 Å². The minimum absolute atomic E-state index is 0.160. The van der Waals surface area contributed by atoms with Crippen molar-refractivity contribution in [3.8, 4) is 0 Å². The molecule has 2 aromatic rings. The predicted octanol–water partition coefficient (Wildman–Crippen LogP) is 3.20. The number of carboxylic acid groups (broad SMARTS) is 1. The van der Waals surface area contributed by atoms with Crippen molar-refractivity contribution in [2.24, 2.45) is 0 Å². The van der Waals surface area contributed by atoms with Crippen LogP contribution in [-0.2, 0) is 11.2 Å². The summed E-state index contributed by atoms with van der Waals surface area (Å²) < 4.78 is 12.9. The molecule has 0 aliphatic rings. The highest BCUT2D eigenvalue weighted by Gasteiger charge is 2.12. The second kappa shape index (κ2) is 6.63. The summed E-state index contributed by atoms with van der Waals surface area (Å²) in [5, 5.41) is 8.92. The van der Waals surface area contributed by atoms with Crippen molar-refractivity contribution in [2.75, 3.05) is 0 Å². The molecule has 0 fully saturated rings. The Labute approximate surface area is 126 Å². The number of nitrogens with zero attached hydrogens (tertiary/aromatic N) is 2. The van der Waals surface area contributed by atoms with E-state index in [4.69, 9.17) is 16.7 Å². The molecule has 0 atom stereocenters. The minimum Gasteiger partial charge on any atom is -0.481 e. The Morgan fingerprint density at radius 1 is 1.33 bits per heavy atom. The summed E-state index contributed by atoms with van der Waals surface area (Å²) in [6, 6.07) is 6.12. The molecule has 109 valence electrons. The zero-order chi connectivity index (χ0) is 15.4. The Bertz CT molecular complexity index is 636. The summed E-state index contributed by atoms with van der Waals surface area (Å²) in [4.78, 5) is 18.8. The van der Waals surface area contributed by atoms with Gasteiger partial charge in [-0.15, -0.1) is 0 Å². The number of aryl methyl sites for hydroxylation is 1. The average molecular weight is 308 g/mol. The van der Waals surface area contributed by atoms with E-state index in [1.165, 1.54) is 18.6 Å². The zero-order valence-corrected chi connectivity index (χ0v) is 12.1. The SMILES string of the molecule is Cc1nc([CH]CC(=O)O)nc(Cl)c1Cc1ccc(F)cc1. The highest BCUT2D eigenvalue weighted by molar-refractivity contribution is 6.30. The van der Waals surface area contributed by atoms with Gasteiger partial charge >= 0.3 is 5.97 Å². The van der Waals surface area contributed by atoms with Crippen LogP contribution in [0.2, 0.25) is 5.15 Å². The van der Waals surface area contributed by atoms with Gasteiger partial charge in [0.05, 0.1) is 6.42 Å². The van der Waals surface area contributed by atoms with E-state index < -0.39 is 5.97 Å². The van der Waals surface area contributed by atoms with Crippen molar-refractivity contribution in [3.05, 3.63) is 64.3 Å². The lowest BCUT2D eigenvalue weighted by molar-refractivity contribution is -0.136. The Hall–Kier alpha value is -2.01. The van der Waals surface area contributed by atoms with Crippen molar-refractivity contribution in [1.82, 2.24) is 9.97 Å². The topological polar surface area (TPSA) is 63.1 Å². The van der Waals surface area contributed by atoms with Crippen LogP contribution >= 0.6 is 11.6 Å². The van der Waals surface area contributed by atoms with E-state index in [1.807, 2.05) is 0 Å². The Morgan fingerprint density at radius 2 is 2.00 bits per heavy atom. The van der Waals surface area contributed by atoms with Gasteiger partial charge in [0, 0.05) is 24.1 Å². The lowest BCUT2D eigenvalue weighted by atomic mass is 10.1. The van der Waals surface area contributed by atoms with Crippen molar-refractivity contribution in [2.45, 2.75) is 19.8 Å². The molecule has 0 spiro atoms. The van der Waals surface area contributed by atoms with E-state index in [1.54, 1.807) is 19.1 Å². The first-order chi connectivity index (χ1) is 9.95. The molecule has 1 radical (unpaired) electrons. The van der Waals surface area contributed by atoms with E-state index in [2.05, 4.69) is 9.97 Å². The summed E-state index contributed by atoms with van der Waals surface area (Å²) in [5.41, 5.74) is 2.32. The molecular formula is C15H13ClFN2O2. The largest absolute Gasteiger partial charge is 0.481 e. The maximum atomic E-state index is 12.9. The van der Waals surface area contributed by atoms with E-state index in [0.29, 0.717) is 17.9 Å². The normalized spacial score (nSPS) is 10.6. The van der Waals surface area contributed by atoms with Crippen molar-refractivity contribution in [1.29, 1.82) is 0 Å². The van der Waals surface area contributed by atoms with Crippen molar-refractivity contribution >= 4 is 17.6 Å². The lowest BCUT2D eigenvalue weighted by Crippen LogP contribution is -2.05. The molecule has 1 heterocycles. The Morgan fingerprint density at radius 3 is 2.57 bits per heavy atom. The second-order valence-corrected chi connectivity index (χ2v) is 4.90. The van der Waals surface area contributed by atoms with Gasteiger partial charge in [-0.25, -0.2) is 14.4 Å². The van der Waals surface area contributed by atoms with Crippen molar-refractivity contribution in [3.63, 3.8) is 0 Å². The summed E-state index contributed by atoms with van der Waals surface area (Å²) in [6.07, 6.45) is 1.74. The molecule has 0 bridgehead atoms. The number of carboxylic acids is 1. The molecule has 21 heavy (non-hydrogen) atoms. The molecule has 2 rings (SSSR count). The predicted molar refractivity (Wildman–Crippen MR) is 76.6 cm³/mol. The maximum absolute atomic E-state index is 12.9. The quantitative estimate of drug-likeness (QED) is 0.862. The van der Waals surface area contributed by atoms with Gasteiger partial charge in [0.25, 0.3) is 0 Å². The molecule has 1 aromatic heterocycles. The van der Waals surface area contributed by atoms with Gasteiger partial charge in [0.15, 0.2) is 0 Å². The fourth-order valence-corrected chi connectivity index (χ4v) is 2.15. The van der Waals surface area contributed by atoms with Crippen LogP contribution in [-0.4, -0.2) is 21.0 Å². The van der Waals surface area contributed by atoms with Crippen LogP contribution in [0.15, 0.2) is 24.3 Å². The standard InChI is InChI=1S/C15H13ClFN2O2/c1-9-12(8-10-2-4-11(17)5-3-10)15(16)19-13(18-9)6-7-14(20)21/h2-6H,7-8H2,1H3,(H,20,21). The molecular weight excluding hydrogens is 295 g/mol. The second-order valence-electron chi connectivity index (χ2n) is 4.54. The van der Waals surface area contributed by atoms with Gasteiger partial charge in [-0.3, -0.25) is 4.79 Å². The first kappa shape index (κ1) is 15.4. The van der Waals surface area contributed by atoms with Gasteiger partial charge in [0.2, 0.25) is 0 Å². The van der Waals surface area contributed by atoms with Crippen LogP contribution in [0.5, 0.6) is 0 Å². The lowest BCUT2D eigenvalue weighted by Gasteiger charge is -2.09. The molecule has 0 saturated carbocycles. The number of rotatable bonds is 5. The average Bonchev–Trinajstić information content (AvgIpc) is 2.42. The third-order valence-corrected chi connectivity index (χ3v) is 3.25. The number of halogens is 2. The van der Waals surface area contributed by atoms with Crippen LogP contribution in [0.3, 0.4) is 0 Å². The molecule has 0 aliphatic carbocycles. The summed E-state index contributed by atoms with van der Waals surface area (Å²) in [6.45, 7) is 1.78. The molecule has 1 aromatic carbocycles. The molecule has 0 saturated heterocycles. The van der Waals surface area contributed by atoms with Crippen LogP contribution < -0.4 is 0 Å². The molecule has 4 nitrogen and oxygen atoms in total. The summed E-state index contributed by atoms with van der Waals surface area (Å²) in [7, 11) is 0. The molecule has 0 aliphatic heterocycles. The third-order valence-electron chi connectivity index (χ3n) is 2.93. The van der Waals surface area contributed by atoms with Gasteiger partial charge in [-0.2, -0.15) is 0 Å². The van der Waals surface area contributed by atoms with Crippen molar-refractivity contribution < 1.29 is 14.3 Å². The number of hydrogen-bond donors (Lipinski definition) is 1. The van der Waals surface area contributed by atoms with Gasteiger partial charge < -0.3 is 5.11 Å². The van der Waals surface area contributed by atoms with E-state index in [0.717, 1.165) is 11.1 Å². The maximum Gasteiger partial charge on any atom is 0.304 e. The summed E-state index contributed by atoms with van der Waals surface area (Å²) in [5.74, 6) is -0.957. The highest BCUT2D eigenvalue weighted by atomic mass is 35.5. The number of hydrogen-bond acceptors (Lipinski definition) is 3. The van der Waals surface area contributed by atoms with E-state index >= 15 is 0 Å². The molecule has 1 N–H and O–H groups in total. The first-order valence-corrected chi connectivity index (χ1v) is 6.66. The fraction of sp³-hybridized carbons (Fsp3) is 0.200. The van der Waals surface area contributed by atoms with Gasteiger partial charge in [-0.05, 0) is 24.6 Å². The van der Waals surface area contributed by atoms with Gasteiger partial charge in [-0.1, -0.05) is 23.7 Å². The number of carbonyl (C=O) groups is 1. The van der Waals surface area contributed by atoms with E-state index in [9.17, 15) is 9.18 Å². The van der Waals surface area contributed by atoms with Crippen LogP contribution in [0.1, 0.15) is 29.1 Å². The molecule has 6 heteroatoms. The van der Waals surface area contributed by atoms with Gasteiger partial charge in [0.1, 0.15) is 16.8 Å². The Kier molecular flexibility index (Phi) is 4.85.